The zero-order chi connectivity index (χ0) is 22.2. The number of rotatable bonds is 4. The number of benzene rings is 2. The lowest BCUT2D eigenvalue weighted by molar-refractivity contribution is 0.0704. The summed E-state index contributed by atoms with van der Waals surface area (Å²) in [5.41, 5.74) is 1.62. The lowest BCUT2D eigenvalue weighted by atomic mass is 10.0. The first-order chi connectivity index (χ1) is 14.7. The molecule has 0 radical (unpaired) electrons. The van der Waals surface area contributed by atoms with Crippen molar-refractivity contribution in [2.45, 2.75) is 25.8 Å². The van der Waals surface area contributed by atoms with Crippen LogP contribution in [0.15, 0.2) is 57.7 Å². The summed E-state index contributed by atoms with van der Waals surface area (Å²) in [6, 6.07) is 13.9. The predicted octanol–water partition coefficient (Wildman–Crippen LogP) is 2.92. The van der Waals surface area contributed by atoms with E-state index in [0.717, 1.165) is 11.8 Å². The van der Waals surface area contributed by atoms with Gasteiger partial charge in [0.2, 0.25) is 10.0 Å². The fraction of sp³-hybridized carbons (Fsp3) is 0.304. The first-order valence-electron chi connectivity index (χ1n) is 10.1. The Balaban J connectivity index is 1.76. The Morgan fingerprint density at radius 1 is 1.13 bits per heavy atom. The molecule has 31 heavy (non-hydrogen) atoms. The molecule has 4 rings (SSSR count). The van der Waals surface area contributed by atoms with Crippen molar-refractivity contribution in [3.8, 4) is 11.3 Å². The Bertz CT molecular complexity index is 1300. The number of amides is 1. The van der Waals surface area contributed by atoms with Gasteiger partial charge in [0.15, 0.2) is 11.0 Å². The minimum atomic E-state index is -3.37. The number of hydrogen-bond donors (Lipinski definition) is 1. The molecule has 1 N–H and O–H groups in total. The number of likely N-dealkylation sites (tertiary alicyclic amines) is 1. The van der Waals surface area contributed by atoms with Gasteiger partial charge in [-0.1, -0.05) is 36.4 Å². The summed E-state index contributed by atoms with van der Waals surface area (Å²) in [4.78, 5) is 28.0. The van der Waals surface area contributed by atoms with Crippen molar-refractivity contribution in [2.75, 3.05) is 19.3 Å². The number of piperidine rings is 1. The van der Waals surface area contributed by atoms with Crippen LogP contribution in [0.4, 0.5) is 0 Å². The fourth-order valence-corrected chi connectivity index (χ4v) is 4.87. The average Bonchev–Trinajstić information content (AvgIpc) is 2.75. The van der Waals surface area contributed by atoms with Crippen LogP contribution >= 0.6 is 0 Å². The Kier molecular flexibility index (Phi) is 5.68. The molecule has 1 saturated heterocycles. The highest BCUT2D eigenvalue weighted by atomic mass is 32.2. The van der Waals surface area contributed by atoms with Gasteiger partial charge in [0, 0.05) is 30.3 Å². The van der Waals surface area contributed by atoms with Crippen molar-refractivity contribution >= 4 is 26.9 Å². The van der Waals surface area contributed by atoms with E-state index in [1.54, 1.807) is 30.0 Å². The van der Waals surface area contributed by atoms with E-state index < -0.39 is 10.0 Å². The second kappa shape index (κ2) is 8.28. The van der Waals surface area contributed by atoms with Gasteiger partial charge in [-0.25, -0.2) is 13.1 Å². The molecule has 162 valence electrons. The molecule has 1 aliphatic rings. The van der Waals surface area contributed by atoms with Crippen molar-refractivity contribution in [3.63, 3.8) is 0 Å². The lowest BCUT2D eigenvalue weighted by Crippen LogP contribution is -2.49. The van der Waals surface area contributed by atoms with Gasteiger partial charge in [-0.2, -0.15) is 0 Å². The number of para-hydroxylation sites is 1. The zero-order valence-electron chi connectivity index (χ0n) is 17.4. The van der Waals surface area contributed by atoms with Gasteiger partial charge in [-0.3, -0.25) is 9.59 Å². The van der Waals surface area contributed by atoms with Crippen LogP contribution in [0.1, 0.15) is 28.8 Å². The van der Waals surface area contributed by atoms with Crippen LogP contribution in [0.3, 0.4) is 0 Å². The van der Waals surface area contributed by atoms with E-state index in [1.807, 2.05) is 30.3 Å². The molecule has 1 fully saturated rings. The Morgan fingerprint density at radius 2 is 1.87 bits per heavy atom. The van der Waals surface area contributed by atoms with E-state index in [4.69, 9.17) is 4.42 Å². The van der Waals surface area contributed by atoms with E-state index in [1.165, 1.54) is 0 Å². The highest BCUT2D eigenvalue weighted by Crippen LogP contribution is 2.28. The van der Waals surface area contributed by atoms with Crippen molar-refractivity contribution in [3.05, 3.63) is 69.9 Å². The molecule has 2 aromatic carbocycles. The molecule has 0 aliphatic carbocycles. The number of nitrogens with one attached hydrogen (secondary N) is 1. The summed E-state index contributed by atoms with van der Waals surface area (Å²) < 4.78 is 31.9. The summed E-state index contributed by atoms with van der Waals surface area (Å²) in [5, 5.41) is 0.353. The lowest BCUT2D eigenvalue weighted by Gasteiger charge is -2.32. The van der Waals surface area contributed by atoms with Crippen LogP contribution in [0.2, 0.25) is 0 Å². The molecule has 0 spiro atoms. The molecule has 2 heterocycles. The molecule has 1 aliphatic heterocycles. The summed E-state index contributed by atoms with van der Waals surface area (Å²) in [7, 11) is -3.37. The molecule has 8 heteroatoms. The van der Waals surface area contributed by atoms with Gasteiger partial charge in [0.1, 0.15) is 5.76 Å². The van der Waals surface area contributed by atoms with Crippen LogP contribution in [-0.4, -0.2) is 44.6 Å². The van der Waals surface area contributed by atoms with E-state index in [-0.39, 0.29) is 29.5 Å². The van der Waals surface area contributed by atoms with E-state index in [9.17, 15) is 18.0 Å². The van der Waals surface area contributed by atoms with Gasteiger partial charge in [0.25, 0.3) is 5.91 Å². The molecule has 0 saturated carbocycles. The smallest absolute Gasteiger partial charge is 0.257 e. The third kappa shape index (κ3) is 4.40. The molecule has 7 nitrogen and oxygen atoms in total. The predicted molar refractivity (Wildman–Crippen MR) is 120 cm³/mol. The van der Waals surface area contributed by atoms with Gasteiger partial charge < -0.3 is 9.32 Å². The van der Waals surface area contributed by atoms with Crippen LogP contribution in [0, 0.1) is 6.92 Å². The van der Waals surface area contributed by atoms with Crippen molar-refractivity contribution in [1.29, 1.82) is 0 Å². The maximum atomic E-state index is 13.4. The van der Waals surface area contributed by atoms with Crippen molar-refractivity contribution < 1.29 is 17.6 Å². The van der Waals surface area contributed by atoms with Crippen molar-refractivity contribution in [1.82, 2.24) is 9.62 Å². The minimum Gasteiger partial charge on any atom is -0.455 e. The fourth-order valence-electron chi connectivity index (χ4n) is 4.07. The van der Waals surface area contributed by atoms with Crippen LogP contribution in [0.25, 0.3) is 22.3 Å². The van der Waals surface area contributed by atoms with E-state index >= 15 is 0 Å². The highest BCUT2D eigenvalue weighted by molar-refractivity contribution is 7.88. The topological polar surface area (TPSA) is 96.7 Å². The summed E-state index contributed by atoms with van der Waals surface area (Å²) >= 11 is 0. The molecule has 0 unspecified atom stereocenters. The van der Waals surface area contributed by atoms with Crippen LogP contribution in [-0.2, 0) is 10.0 Å². The van der Waals surface area contributed by atoms with E-state index in [2.05, 4.69) is 4.72 Å². The van der Waals surface area contributed by atoms with Gasteiger partial charge in [-0.15, -0.1) is 0 Å². The number of nitrogens with zero attached hydrogens (tertiary/aromatic N) is 1. The van der Waals surface area contributed by atoms with Gasteiger partial charge in [-0.05, 0) is 31.9 Å². The monoisotopic (exact) mass is 440 g/mol. The second-order valence-electron chi connectivity index (χ2n) is 7.91. The number of hydrogen-bond acceptors (Lipinski definition) is 5. The van der Waals surface area contributed by atoms with E-state index in [0.29, 0.717) is 41.7 Å². The molecule has 0 bridgehead atoms. The average molecular weight is 441 g/mol. The van der Waals surface area contributed by atoms with Crippen molar-refractivity contribution in [2.24, 2.45) is 0 Å². The molecular formula is C23H24N2O5S. The third-order valence-electron chi connectivity index (χ3n) is 5.50. The van der Waals surface area contributed by atoms with Gasteiger partial charge >= 0.3 is 0 Å². The Hall–Kier alpha value is -2.97. The maximum Gasteiger partial charge on any atom is 0.257 e. The van der Waals surface area contributed by atoms with Crippen LogP contribution < -0.4 is 10.2 Å². The number of fused-ring (bicyclic) bond motifs is 1. The largest absolute Gasteiger partial charge is 0.455 e. The molecule has 1 atom stereocenters. The Morgan fingerprint density at radius 3 is 2.58 bits per heavy atom. The molecule has 1 amide bonds. The first kappa shape index (κ1) is 21.3. The summed E-state index contributed by atoms with van der Waals surface area (Å²) in [6.07, 6.45) is 2.46. The van der Waals surface area contributed by atoms with Gasteiger partial charge in [0.05, 0.1) is 17.2 Å². The molecular weight excluding hydrogens is 416 g/mol. The first-order valence-corrected chi connectivity index (χ1v) is 12.0. The number of carbonyl (C=O) groups is 1. The quantitative estimate of drug-likeness (QED) is 0.673. The zero-order valence-corrected chi connectivity index (χ0v) is 18.2. The summed E-state index contributed by atoms with van der Waals surface area (Å²) in [5.74, 6) is 0.158. The Labute approximate surface area is 180 Å². The second-order valence-corrected chi connectivity index (χ2v) is 9.69. The SMILES string of the molecule is Cc1c(-c2ccccc2)oc2c(C(=O)N3CCC[C@@H](NS(C)(=O)=O)C3)cccc2c1=O. The van der Waals surface area contributed by atoms with Crippen LogP contribution in [0.5, 0.6) is 0 Å². The third-order valence-corrected chi connectivity index (χ3v) is 6.26. The summed E-state index contributed by atoms with van der Waals surface area (Å²) in [6.45, 7) is 2.50. The highest BCUT2D eigenvalue weighted by Gasteiger charge is 2.28. The normalized spacial score (nSPS) is 17.1. The number of carbonyl (C=O) groups excluding carboxylic acids is 1. The molecule has 1 aromatic heterocycles. The molecule has 3 aromatic rings. The standard InChI is InChI=1S/C23H24N2O5S/c1-15-20(26)18-11-6-12-19(22(18)30-21(15)16-8-4-3-5-9-16)23(27)25-13-7-10-17(14-25)24-31(2,28)29/h3-6,8-9,11-12,17,24H,7,10,13-14H2,1-2H3/t17-/m1/s1. The maximum absolute atomic E-state index is 13.4. The minimum absolute atomic E-state index is 0.176. The number of sulfonamides is 1.